The summed E-state index contributed by atoms with van der Waals surface area (Å²) in [6.07, 6.45) is 3.02. The van der Waals surface area contributed by atoms with Gasteiger partial charge < -0.3 is 4.52 Å². The fraction of sp³-hybridized carbons (Fsp3) is 0.296. The molecule has 1 aromatic heterocycles. The predicted molar refractivity (Wildman–Crippen MR) is 123 cm³/mol. The molecular weight excluding hydrogens is 370 g/mol. The van der Waals surface area contributed by atoms with Gasteiger partial charge in [-0.25, -0.2) is 0 Å². The number of hydrogen-bond donors (Lipinski definition) is 0. The van der Waals surface area contributed by atoms with Gasteiger partial charge in [0.2, 0.25) is 0 Å². The molecule has 0 bridgehead atoms. The van der Waals surface area contributed by atoms with E-state index in [1.165, 1.54) is 27.0 Å². The average molecular weight is 400 g/mol. The molecule has 0 aliphatic heterocycles. The van der Waals surface area contributed by atoms with Gasteiger partial charge in [-0.1, -0.05) is 80.4 Å². The molecule has 0 saturated heterocycles. The van der Waals surface area contributed by atoms with Crippen LogP contribution in [-0.2, 0) is 19.4 Å². The van der Waals surface area contributed by atoms with Crippen LogP contribution in [0, 0.1) is 12.8 Å². The zero-order chi connectivity index (χ0) is 21.1. The van der Waals surface area contributed by atoms with Crippen LogP contribution in [0.1, 0.15) is 48.1 Å². The van der Waals surface area contributed by atoms with E-state index >= 15 is 0 Å². The van der Waals surface area contributed by atoms with Crippen LogP contribution in [0.2, 0.25) is 0 Å². The van der Waals surface area contributed by atoms with Crippen LogP contribution in [-0.4, -0.2) is 4.74 Å². The highest BCUT2D eigenvalue weighted by Crippen LogP contribution is 2.18. The summed E-state index contributed by atoms with van der Waals surface area (Å²) in [7, 11) is 0. The standard InChI is InChI=1S/C27H29NO2/c1-4-19(2)15-24-13-14-26-25(17-24)27(29)28(30-26)18-23-11-9-22(10-12-23)16-21-7-5-20(3)6-8-21/h5-14,17,19H,4,15-16,18H2,1-3H3. The molecule has 0 saturated carbocycles. The third kappa shape index (κ3) is 4.56. The van der Waals surface area contributed by atoms with Crippen molar-refractivity contribution in [2.45, 2.75) is 46.6 Å². The highest BCUT2D eigenvalue weighted by molar-refractivity contribution is 5.76. The van der Waals surface area contributed by atoms with Gasteiger partial charge in [0.25, 0.3) is 5.56 Å². The molecule has 0 spiro atoms. The van der Waals surface area contributed by atoms with Crippen molar-refractivity contribution in [1.29, 1.82) is 0 Å². The van der Waals surface area contributed by atoms with Crippen LogP contribution in [0.3, 0.4) is 0 Å². The molecule has 30 heavy (non-hydrogen) atoms. The molecule has 4 aromatic rings. The number of aromatic nitrogens is 1. The molecule has 0 aliphatic rings. The van der Waals surface area contributed by atoms with Gasteiger partial charge in [0, 0.05) is 0 Å². The summed E-state index contributed by atoms with van der Waals surface area (Å²) in [4.78, 5) is 12.8. The summed E-state index contributed by atoms with van der Waals surface area (Å²) in [5, 5.41) is 0.673. The van der Waals surface area contributed by atoms with Crippen molar-refractivity contribution < 1.29 is 4.52 Å². The van der Waals surface area contributed by atoms with Gasteiger partial charge in [0.05, 0.1) is 11.9 Å². The molecule has 1 unspecified atom stereocenters. The van der Waals surface area contributed by atoms with Gasteiger partial charge in [0.15, 0.2) is 5.58 Å². The summed E-state index contributed by atoms with van der Waals surface area (Å²) in [6, 6.07) is 23.1. The number of rotatable bonds is 7. The zero-order valence-electron chi connectivity index (χ0n) is 18.0. The molecule has 1 heterocycles. The van der Waals surface area contributed by atoms with Crippen LogP contribution < -0.4 is 5.56 Å². The SMILES string of the molecule is CCC(C)Cc1ccc2on(Cc3ccc(Cc4ccc(C)cc4)cc3)c(=O)c2c1. The molecule has 0 aliphatic carbocycles. The molecule has 1 atom stereocenters. The van der Waals surface area contributed by atoms with E-state index in [0.29, 0.717) is 23.4 Å². The fourth-order valence-electron chi connectivity index (χ4n) is 3.77. The number of nitrogens with zero attached hydrogens (tertiary/aromatic N) is 1. The van der Waals surface area contributed by atoms with E-state index in [1.807, 2.05) is 12.1 Å². The minimum absolute atomic E-state index is 0.0558. The van der Waals surface area contributed by atoms with Crippen molar-refractivity contribution in [1.82, 2.24) is 4.74 Å². The molecular formula is C27H29NO2. The minimum Gasteiger partial charge on any atom is -0.375 e. The molecule has 4 rings (SSSR count). The van der Waals surface area contributed by atoms with E-state index in [4.69, 9.17) is 4.52 Å². The number of hydrogen-bond acceptors (Lipinski definition) is 2. The van der Waals surface area contributed by atoms with Gasteiger partial charge in [-0.3, -0.25) is 4.79 Å². The van der Waals surface area contributed by atoms with E-state index < -0.39 is 0 Å². The Morgan fingerprint density at radius 3 is 2.13 bits per heavy atom. The van der Waals surface area contributed by atoms with Crippen LogP contribution in [0.15, 0.2) is 76.0 Å². The lowest BCUT2D eigenvalue weighted by molar-refractivity contribution is 0.301. The average Bonchev–Trinajstić information content (AvgIpc) is 3.06. The maximum atomic E-state index is 12.8. The summed E-state index contributed by atoms with van der Waals surface area (Å²) in [6.45, 7) is 6.98. The van der Waals surface area contributed by atoms with Crippen LogP contribution >= 0.6 is 0 Å². The Bertz CT molecular complexity index is 1180. The molecule has 154 valence electrons. The summed E-state index contributed by atoms with van der Waals surface area (Å²) in [5.41, 5.74) is 6.69. The van der Waals surface area contributed by atoms with E-state index in [1.54, 1.807) is 0 Å². The molecule has 3 aromatic carbocycles. The molecule has 3 heteroatoms. The quantitative estimate of drug-likeness (QED) is 0.375. The maximum absolute atomic E-state index is 12.8. The first-order valence-corrected chi connectivity index (χ1v) is 10.8. The smallest absolute Gasteiger partial charge is 0.290 e. The number of aryl methyl sites for hydroxylation is 1. The number of benzene rings is 3. The van der Waals surface area contributed by atoms with E-state index in [2.05, 4.69) is 75.4 Å². The summed E-state index contributed by atoms with van der Waals surface area (Å²) >= 11 is 0. The van der Waals surface area contributed by atoms with Crippen LogP contribution in [0.5, 0.6) is 0 Å². The monoisotopic (exact) mass is 399 g/mol. The first kappa shape index (κ1) is 20.2. The largest absolute Gasteiger partial charge is 0.375 e. The second-order valence-corrected chi connectivity index (χ2v) is 8.46. The lowest BCUT2D eigenvalue weighted by atomic mass is 9.98. The van der Waals surface area contributed by atoms with Gasteiger partial charge in [-0.05, 0) is 60.1 Å². The molecule has 0 N–H and O–H groups in total. The van der Waals surface area contributed by atoms with E-state index in [-0.39, 0.29) is 5.56 Å². The lowest BCUT2D eigenvalue weighted by Crippen LogP contribution is -2.15. The van der Waals surface area contributed by atoms with Crippen molar-refractivity contribution >= 4 is 11.0 Å². The van der Waals surface area contributed by atoms with E-state index in [9.17, 15) is 4.79 Å². The van der Waals surface area contributed by atoms with Crippen molar-refractivity contribution in [3.8, 4) is 0 Å². The fourth-order valence-corrected chi connectivity index (χ4v) is 3.77. The molecule has 0 fully saturated rings. The molecule has 0 radical (unpaired) electrons. The predicted octanol–water partition coefficient (Wildman–Crippen LogP) is 6.13. The summed E-state index contributed by atoms with van der Waals surface area (Å²) < 4.78 is 7.30. The Morgan fingerprint density at radius 2 is 1.47 bits per heavy atom. The third-order valence-corrected chi connectivity index (χ3v) is 5.87. The molecule has 0 amide bonds. The first-order valence-electron chi connectivity index (χ1n) is 10.8. The Balaban J connectivity index is 1.50. The second-order valence-electron chi connectivity index (χ2n) is 8.46. The second kappa shape index (κ2) is 8.74. The van der Waals surface area contributed by atoms with Crippen molar-refractivity contribution in [2.24, 2.45) is 5.92 Å². The first-order chi connectivity index (χ1) is 14.5. The van der Waals surface area contributed by atoms with E-state index in [0.717, 1.165) is 24.8 Å². The van der Waals surface area contributed by atoms with Gasteiger partial charge in [0.1, 0.15) is 0 Å². The van der Waals surface area contributed by atoms with Crippen LogP contribution in [0.4, 0.5) is 0 Å². The summed E-state index contributed by atoms with van der Waals surface area (Å²) in [5.74, 6) is 0.606. The van der Waals surface area contributed by atoms with Crippen LogP contribution in [0.25, 0.3) is 11.0 Å². The van der Waals surface area contributed by atoms with Crippen molar-refractivity contribution in [2.75, 3.05) is 0 Å². The van der Waals surface area contributed by atoms with Crippen molar-refractivity contribution in [3.63, 3.8) is 0 Å². The zero-order valence-corrected chi connectivity index (χ0v) is 18.0. The minimum atomic E-state index is -0.0558. The number of fused-ring (bicyclic) bond motifs is 1. The van der Waals surface area contributed by atoms with Gasteiger partial charge in [-0.2, -0.15) is 4.74 Å². The highest BCUT2D eigenvalue weighted by atomic mass is 16.5. The highest BCUT2D eigenvalue weighted by Gasteiger charge is 2.12. The normalized spacial score (nSPS) is 12.4. The van der Waals surface area contributed by atoms with Crippen molar-refractivity contribution in [3.05, 3.63) is 105 Å². The Labute approximate surface area is 177 Å². The lowest BCUT2D eigenvalue weighted by Gasteiger charge is -2.07. The van der Waals surface area contributed by atoms with Gasteiger partial charge in [-0.15, -0.1) is 0 Å². The maximum Gasteiger partial charge on any atom is 0.290 e. The Kier molecular flexibility index (Phi) is 5.89. The Hall–Kier alpha value is -3.07. The topological polar surface area (TPSA) is 35.1 Å². The molecule has 3 nitrogen and oxygen atoms in total. The Morgan fingerprint density at radius 1 is 0.867 bits per heavy atom. The third-order valence-electron chi connectivity index (χ3n) is 5.87. The van der Waals surface area contributed by atoms with Gasteiger partial charge >= 0.3 is 0 Å².